The molecule has 1 aromatic heterocycles. The number of aromatic nitrogens is 1. The monoisotopic (exact) mass is 254 g/mol. The maximum absolute atomic E-state index is 12.2. The smallest absolute Gasteiger partial charge is 0.274 e. The van der Waals surface area contributed by atoms with Crippen molar-refractivity contribution in [1.82, 2.24) is 9.88 Å². The minimum Gasteiger partial charge on any atom is -0.337 e. The van der Waals surface area contributed by atoms with Gasteiger partial charge in [0.1, 0.15) is 11.5 Å². The second-order valence-corrected chi connectivity index (χ2v) is 4.43. The van der Waals surface area contributed by atoms with Crippen LogP contribution in [-0.4, -0.2) is 28.9 Å². The third-order valence-electron chi connectivity index (χ3n) is 2.84. The van der Waals surface area contributed by atoms with E-state index in [0.29, 0.717) is 10.8 Å². The molecule has 6 heteroatoms. The van der Waals surface area contributed by atoms with Gasteiger partial charge in [-0.05, 0) is 31.4 Å². The minimum atomic E-state index is -0.119. The molecular formula is C11H15ClN4O. The second kappa shape index (κ2) is 5.33. The van der Waals surface area contributed by atoms with Crippen molar-refractivity contribution in [2.75, 3.05) is 18.5 Å². The van der Waals surface area contributed by atoms with Crippen molar-refractivity contribution in [1.29, 1.82) is 0 Å². The van der Waals surface area contributed by atoms with E-state index in [1.54, 1.807) is 17.0 Å². The number of likely N-dealkylation sites (tertiary alicyclic amines) is 1. The number of amides is 1. The maximum Gasteiger partial charge on any atom is 0.274 e. The second-order valence-electron chi connectivity index (χ2n) is 4.02. The number of nitrogen functional groups attached to an aromatic ring is 1. The van der Waals surface area contributed by atoms with E-state index in [-0.39, 0.29) is 11.6 Å². The first-order valence-electron chi connectivity index (χ1n) is 5.65. The summed E-state index contributed by atoms with van der Waals surface area (Å²) in [5.74, 6) is 5.59. The Kier molecular flexibility index (Phi) is 3.81. The van der Waals surface area contributed by atoms with Crippen molar-refractivity contribution < 1.29 is 4.79 Å². The molecule has 1 aromatic rings. The number of nitrogens with zero attached hydrogens (tertiary/aromatic N) is 2. The van der Waals surface area contributed by atoms with E-state index in [9.17, 15) is 4.79 Å². The fourth-order valence-electron chi connectivity index (χ4n) is 1.92. The summed E-state index contributed by atoms with van der Waals surface area (Å²) in [7, 11) is 0. The van der Waals surface area contributed by atoms with E-state index in [1.807, 2.05) is 0 Å². The summed E-state index contributed by atoms with van der Waals surface area (Å²) < 4.78 is 0. The number of hydrazine groups is 1. The van der Waals surface area contributed by atoms with Gasteiger partial charge < -0.3 is 10.3 Å². The van der Waals surface area contributed by atoms with E-state index in [0.717, 1.165) is 25.9 Å². The van der Waals surface area contributed by atoms with E-state index in [4.69, 9.17) is 17.4 Å². The van der Waals surface area contributed by atoms with Crippen molar-refractivity contribution >= 4 is 23.3 Å². The fraction of sp³-hybridized carbons (Fsp3) is 0.455. The quantitative estimate of drug-likeness (QED) is 0.622. The number of halogens is 1. The molecule has 3 N–H and O–H groups in total. The average Bonchev–Trinajstić information content (AvgIpc) is 2.39. The highest BCUT2D eigenvalue weighted by Gasteiger charge is 2.21. The molecule has 5 nitrogen and oxygen atoms in total. The van der Waals surface area contributed by atoms with Gasteiger partial charge in [-0.2, -0.15) is 0 Å². The van der Waals surface area contributed by atoms with Crippen LogP contribution < -0.4 is 11.3 Å². The lowest BCUT2D eigenvalue weighted by Gasteiger charge is -2.26. The third-order valence-corrected chi connectivity index (χ3v) is 3.14. The first-order valence-corrected chi connectivity index (χ1v) is 6.02. The molecule has 2 heterocycles. The molecule has 1 aliphatic heterocycles. The van der Waals surface area contributed by atoms with Gasteiger partial charge in [-0.3, -0.25) is 4.79 Å². The Morgan fingerprint density at radius 2 is 2.06 bits per heavy atom. The van der Waals surface area contributed by atoms with Gasteiger partial charge in [0.2, 0.25) is 0 Å². The third kappa shape index (κ3) is 2.68. The van der Waals surface area contributed by atoms with Gasteiger partial charge in [0.25, 0.3) is 5.91 Å². The molecule has 0 radical (unpaired) electrons. The average molecular weight is 255 g/mol. The summed E-state index contributed by atoms with van der Waals surface area (Å²) in [6, 6.07) is 3.26. The van der Waals surface area contributed by atoms with Crippen molar-refractivity contribution in [2.45, 2.75) is 19.3 Å². The topological polar surface area (TPSA) is 71.2 Å². The highest BCUT2D eigenvalue weighted by Crippen LogP contribution is 2.20. The molecule has 0 aliphatic carbocycles. The normalized spacial score (nSPS) is 15.8. The molecule has 1 aliphatic rings. The van der Waals surface area contributed by atoms with E-state index < -0.39 is 0 Å². The predicted molar refractivity (Wildman–Crippen MR) is 66.8 cm³/mol. The fourth-order valence-corrected chi connectivity index (χ4v) is 2.11. The Hall–Kier alpha value is -1.33. The summed E-state index contributed by atoms with van der Waals surface area (Å²) in [6.07, 6.45) is 3.26. The van der Waals surface area contributed by atoms with Gasteiger partial charge in [0, 0.05) is 13.1 Å². The molecule has 0 unspecified atom stereocenters. The minimum absolute atomic E-state index is 0.119. The molecule has 1 saturated heterocycles. The number of hydrogen-bond acceptors (Lipinski definition) is 4. The zero-order chi connectivity index (χ0) is 12.3. The number of nitrogens with two attached hydrogens (primary N) is 1. The number of anilines is 1. The molecule has 0 bridgehead atoms. The molecule has 0 spiro atoms. The Morgan fingerprint density at radius 3 is 2.71 bits per heavy atom. The van der Waals surface area contributed by atoms with Crippen molar-refractivity contribution in [3.8, 4) is 0 Å². The highest BCUT2D eigenvalue weighted by molar-refractivity contribution is 6.33. The zero-order valence-electron chi connectivity index (χ0n) is 9.45. The van der Waals surface area contributed by atoms with Gasteiger partial charge in [0.05, 0.1) is 5.02 Å². The van der Waals surface area contributed by atoms with E-state index >= 15 is 0 Å². The Morgan fingerprint density at radius 1 is 1.35 bits per heavy atom. The highest BCUT2D eigenvalue weighted by atomic mass is 35.5. The van der Waals surface area contributed by atoms with Gasteiger partial charge in [-0.15, -0.1) is 0 Å². The van der Waals surface area contributed by atoms with Crippen molar-refractivity contribution in [2.24, 2.45) is 5.84 Å². The number of pyridine rings is 1. The lowest BCUT2D eigenvalue weighted by atomic mass is 10.1. The Labute approximate surface area is 105 Å². The molecule has 0 saturated carbocycles. The van der Waals surface area contributed by atoms with Crippen molar-refractivity contribution in [3.63, 3.8) is 0 Å². The van der Waals surface area contributed by atoms with E-state index in [1.165, 1.54) is 6.42 Å². The zero-order valence-corrected chi connectivity index (χ0v) is 10.2. The summed E-state index contributed by atoms with van der Waals surface area (Å²) >= 11 is 5.99. The largest absolute Gasteiger partial charge is 0.337 e. The summed E-state index contributed by atoms with van der Waals surface area (Å²) in [5.41, 5.74) is 2.68. The number of carbonyl (C=O) groups is 1. The van der Waals surface area contributed by atoms with Crippen LogP contribution >= 0.6 is 11.6 Å². The van der Waals surface area contributed by atoms with Crippen LogP contribution in [0.15, 0.2) is 12.1 Å². The number of piperidine rings is 1. The Balaban J connectivity index is 2.22. The first-order chi connectivity index (χ1) is 8.22. The molecule has 0 atom stereocenters. The van der Waals surface area contributed by atoms with Crippen LogP contribution in [0.4, 0.5) is 5.82 Å². The molecular weight excluding hydrogens is 240 g/mol. The molecule has 92 valence electrons. The van der Waals surface area contributed by atoms with Crippen LogP contribution in [0.25, 0.3) is 0 Å². The maximum atomic E-state index is 12.2. The van der Waals surface area contributed by atoms with Crippen LogP contribution in [0, 0.1) is 0 Å². The first kappa shape index (κ1) is 12.1. The van der Waals surface area contributed by atoms with Gasteiger partial charge in [0.15, 0.2) is 0 Å². The lowest BCUT2D eigenvalue weighted by Crippen LogP contribution is -2.36. The Bertz CT molecular complexity index is 418. The molecule has 1 amide bonds. The number of carbonyl (C=O) groups excluding carboxylic acids is 1. The van der Waals surface area contributed by atoms with Crippen LogP contribution in [0.5, 0.6) is 0 Å². The van der Waals surface area contributed by atoms with Gasteiger partial charge in [-0.25, -0.2) is 10.8 Å². The summed E-state index contributed by atoms with van der Waals surface area (Å²) in [6.45, 7) is 1.55. The molecule has 0 aromatic carbocycles. The molecule has 17 heavy (non-hydrogen) atoms. The predicted octanol–water partition coefficient (Wildman–Crippen LogP) is 1.65. The van der Waals surface area contributed by atoms with Gasteiger partial charge >= 0.3 is 0 Å². The van der Waals surface area contributed by atoms with Crippen LogP contribution in [0.2, 0.25) is 5.02 Å². The van der Waals surface area contributed by atoms with E-state index in [2.05, 4.69) is 10.4 Å². The number of nitrogens with one attached hydrogen (secondary N) is 1. The van der Waals surface area contributed by atoms with Crippen LogP contribution in [0.3, 0.4) is 0 Å². The summed E-state index contributed by atoms with van der Waals surface area (Å²) in [4.78, 5) is 18.1. The molecule has 1 fully saturated rings. The van der Waals surface area contributed by atoms with Crippen LogP contribution in [0.1, 0.15) is 29.8 Å². The summed E-state index contributed by atoms with van der Waals surface area (Å²) in [5, 5.41) is 0.361. The van der Waals surface area contributed by atoms with Crippen LogP contribution in [-0.2, 0) is 0 Å². The van der Waals surface area contributed by atoms with Crippen molar-refractivity contribution in [3.05, 3.63) is 22.8 Å². The molecule has 2 rings (SSSR count). The standard InChI is InChI=1S/C11H15ClN4O/c12-8-4-5-9(15-13)14-10(8)11(17)16-6-2-1-3-7-16/h4-5H,1-3,6-7,13H2,(H,14,15). The SMILES string of the molecule is NNc1ccc(Cl)c(C(=O)N2CCCCC2)n1. The number of hydrogen-bond donors (Lipinski definition) is 2. The number of rotatable bonds is 2. The lowest BCUT2D eigenvalue weighted by molar-refractivity contribution is 0.0719. The van der Waals surface area contributed by atoms with Gasteiger partial charge in [-0.1, -0.05) is 11.6 Å².